The number of halogens is 1. The van der Waals surface area contributed by atoms with E-state index in [9.17, 15) is 14.0 Å². The number of H-pyrrole nitrogens is 1. The molecule has 0 bridgehead atoms. The number of carbonyl (C=O) groups is 1. The number of aromatic nitrogens is 2. The summed E-state index contributed by atoms with van der Waals surface area (Å²) in [6, 6.07) is 17.9. The van der Waals surface area contributed by atoms with Crippen molar-refractivity contribution in [2.45, 2.75) is 23.9 Å². The number of benzene rings is 2. The van der Waals surface area contributed by atoms with Gasteiger partial charge in [0.25, 0.3) is 5.56 Å². The van der Waals surface area contributed by atoms with Crippen LogP contribution in [0, 0.1) is 5.82 Å². The normalized spacial score (nSPS) is 14.5. The summed E-state index contributed by atoms with van der Waals surface area (Å²) < 4.78 is 13.0. The van der Waals surface area contributed by atoms with Crippen LogP contribution in [0.2, 0.25) is 0 Å². The molecule has 166 valence electrons. The van der Waals surface area contributed by atoms with Crippen LogP contribution in [0.25, 0.3) is 0 Å². The molecule has 1 fully saturated rings. The largest absolute Gasteiger partial charge is 0.340 e. The number of rotatable bonds is 7. The minimum atomic E-state index is -0.285. The number of piperazine rings is 1. The van der Waals surface area contributed by atoms with Crippen molar-refractivity contribution < 1.29 is 9.18 Å². The van der Waals surface area contributed by atoms with Crippen LogP contribution in [-0.2, 0) is 23.5 Å². The monoisotopic (exact) mass is 452 g/mol. The van der Waals surface area contributed by atoms with Crippen molar-refractivity contribution in [3.8, 4) is 0 Å². The summed E-state index contributed by atoms with van der Waals surface area (Å²) in [5.74, 6) is 0.243. The van der Waals surface area contributed by atoms with Crippen molar-refractivity contribution in [1.82, 2.24) is 19.8 Å². The quantitative estimate of drug-likeness (QED) is 0.441. The molecule has 6 nitrogen and oxygen atoms in total. The van der Waals surface area contributed by atoms with Gasteiger partial charge in [0.1, 0.15) is 5.82 Å². The molecule has 4 rings (SSSR count). The molecule has 0 aliphatic carbocycles. The van der Waals surface area contributed by atoms with E-state index in [-0.39, 0.29) is 23.7 Å². The zero-order chi connectivity index (χ0) is 22.3. The second-order valence-electron chi connectivity index (χ2n) is 7.78. The highest BCUT2D eigenvalue weighted by Gasteiger charge is 2.22. The Kier molecular flexibility index (Phi) is 7.34. The van der Waals surface area contributed by atoms with E-state index in [1.54, 1.807) is 12.1 Å². The van der Waals surface area contributed by atoms with Crippen LogP contribution in [0.3, 0.4) is 0 Å². The van der Waals surface area contributed by atoms with Crippen molar-refractivity contribution >= 4 is 17.7 Å². The highest BCUT2D eigenvalue weighted by Crippen LogP contribution is 2.19. The Labute approximate surface area is 190 Å². The van der Waals surface area contributed by atoms with Gasteiger partial charge in [0, 0.05) is 44.5 Å². The first-order valence-electron chi connectivity index (χ1n) is 10.6. The van der Waals surface area contributed by atoms with E-state index in [1.165, 1.54) is 35.5 Å². The molecule has 0 spiro atoms. The van der Waals surface area contributed by atoms with Gasteiger partial charge < -0.3 is 9.88 Å². The van der Waals surface area contributed by atoms with Gasteiger partial charge in [-0.15, -0.1) is 0 Å². The van der Waals surface area contributed by atoms with Gasteiger partial charge in [0.2, 0.25) is 5.91 Å². The SMILES string of the molecule is O=C(Cc1cc(=O)[nH]c(SCc2ccc(F)cc2)n1)N1CCN(Cc2ccccc2)CC1. The van der Waals surface area contributed by atoms with Gasteiger partial charge in [0.15, 0.2) is 5.16 Å². The Hall–Kier alpha value is -2.97. The van der Waals surface area contributed by atoms with Gasteiger partial charge in [0.05, 0.1) is 12.1 Å². The number of amides is 1. The number of nitrogens with zero attached hydrogens (tertiary/aromatic N) is 3. The van der Waals surface area contributed by atoms with Crippen molar-refractivity contribution in [1.29, 1.82) is 0 Å². The maximum Gasteiger partial charge on any atom is 0.251 e. The predicted octanol–water partition coefficient (Wildman–Crippen LogP) is 3.09. The topological polar surface area (TPSA) is 69.3 Å². The van der Waals surface area contributed by atoms with E-state index < -0.39 is 0 Å². The zero-order valence-electron chi connectivity index (χ0n) is 17.7. The van der Waals surface area contributed by atoms with Gasteiger partial charge in [-0.2, -0.15) is 0 Å². The summed E-state index contributed by atoms with van der Waals surface area (Å²) in [7, 11) is 0. The summed E-state index contributed by atoms with van der Waals surface area (Å²) in [4.78, 5) is 36.2. The number of nitrogens with one attached hydrogen (secondary N) is 1. The molecule has 2 heterocycles. The van der Waals surface area contributed by atoms with Crippen LogP contribution >= 0.6 is 11.8 Å². The van der Waals surface area contributed by atoms with Crippen LogP contribution in [0.15, 0.2) is 70.6 Å². The Morgan fingerprint density at radius 2 is 1.72 bits per heavy atom. The first-order chi connectivity index (χ1) is 15.5. The van der Waals surface area contributed by atoms with E-state index in [0.717, 1.165) is 25.2 Å². The van der Waals surface area contributed by atoms with Gasteiger partial charge in [-0.1, -0.05) is 54.2 Å². The van der Waals surface area contributed by atoms with E-state index in [0.29, 0.717) is 29.7 Å². The number of aromatic amines is 1. The van der Waals surface area contributed by atoms with Crippen LogP contribution in [0.1, 0.15) is 16.8 Å². The predicted molar refractivity (Wildman–Crippen MR) is 123 cm³/mol. The van der Waals surface area contributed by atoms with Crippen LogP contribution in [0.5, 0.6) is 0 Å². The molecule has 0 unspecified atom stereocenters. The number of thioether (sulfide) groups is 1. The maximum absolute atomic E-state index is 13.0. The van der Waals surface area contributed by atoms with Gasteiger partial charge in [-0.25, -0.2) is 9.37 Å². The van der Waals surface area contributed by atoms with Crippen LogP contribution in [-0.4, -0.2) is 51.9 Å². The third-order valence-electron chi connectivity index (χ3n) is 5.37. The standard InChI is InChI=1S/C24H25FN4O2S/c25-20-8-6-19(7-9-20)17-32-24-26-21(14-22(30)27-24)15-23(31)29-12-10-28(11-13-29)16-18-4-2-1-3-5-18/h1-9,14H,10-13,15-17H2,(H,26,27,30). The van der Waals surface area contributed by atoms with Gasteiger partial charge in [-0.3, -0.25) is 14.5 Å². The Balaban J connectivity index is 1.30. The highest BCUT2D eigenvalue weighted by atomic mass is 32.2. The molecule has 1 saturated heterocycles. The molecule has 8 heteroatoms. The molecule has 1 N–H and O–H groups in total. The molecule has 2 aromatic carbocycles. The van der Waals surface area contributed by atoms with E-state index in [1.807, 2.05) is 23.1 Å². The number of hydrogen-bond acceptors (Lipinski definition) is 5. The number of carbonyl (C=O) groups excluding carboxylic acids is 1. The minimum absolute atomic E-state index is 0.0167. The first-order valence-corrected chi connectivity index (χ1v) is 11.6. The Morgan fingerprint density at radius 1 is 1.00 bits per heavy atom. The molecule has 1 aliphatic rings. The average Bonchev–Trinajstić information content (AvgIpc) is 2.79. The van der Waals surface area contributed by atoms with Crippen molar-refractivity contribution in [3.05, 3.63) is 93.7 Å². The molecule has 3 aromatic rings. The molecule has 32 heavy (non-hydrogen) atoms. The van der Waals surface area contributed by atoms with E-state index >= 15 is 0 Å². The minimum Gasteiger partial charge on any atom is -0.340 e. The van der Waals surface area contributed by atoms with Gasteiger partial charge in [-0.05, 0) is 23.3 Å². The summed E-state index contributed by atoms with van der Waals surface area (Å²) in [5, 5.41) is 0.456. The lowest BCUT2D eigenvalue weighted by Crippen LogP contribution is -2.48. The maximum atomic E-state index is 13.0. The summed E-state index contributed by atoms with van der Waals surface area (Å²) in [6.07, 6.45) is 0.104. The molecule has 1 aromatic heterocycles. The fourth-order valence-corrected chi connectivity index (χ4v) is 4.49. The average molecular weight is 453 g/mol. The molecule has 1 amide bonds. The lowest BCUT2D eigenvalue weighted by molar-refractivity contribution is -0.132. The fourth-order valence-electron chi connectivity index (χ4n) is 3.64. The number of hydrogen-bond donors (Lipinski definition) is 1. The fraction of sp³-hybridized carbons (Fsp3) is 0.292. The molecular formula is C24H25FN4O2S. The molecular weight excluding hydrogens is 427 g/mol. The summed E-state index contributed by atoms with van der Waals surface area (Å²) >= 11 is 1.35. The molecule has 0 atom stereocenters. The lowest BCUT2D eigenvalue weighted by atomic mass is 10.2. The lowest BCUT2D eigenvalue weighted by Gasteiger charge is -2.34. The van der Waals surface area contributed by atoms with Gasteiger partial charge >= 0.3 is 0 Å². The molecule has 0 saturated carbocycles. The van der Waals surface area contributed by atoms with Crippen molar-refractivity contribution in [3.63, 3.8) is 0 Å². The Morgan fingerprint density at radius 3 is 2.44 bits per heavy atom. The van der Waals surface area contributed by atoms with Crippen LogP contribution in [0.4, 0.5) is 4.39 Å². The highest BCUT2D eigenvalue weighted by molar-refractivity contribution is 7.98. The first kappa shape index (κ1) is 22.2. The second-order valence-corrected chi connectivity index (χ2v) is 8.74. The van der Waals surface area contributed by atoms with E-state index in [2.05, 4.69) is 27.0 Å². The smallest absolute Gasteiger partial charge is 0.251 e. The van der Waals surface area contributed by atoms with Crippen molar-refractivity contribution in [2.75, 3.05) is 26.2 Å². The Bertz CT molecular complexity index is 1100. The van der Waals surface area contributed by atoms with E-state index in [4.69, 9.17) is 0 Å². The second kappa shape index (κ2) is 10.6. The van der Waals surface area contributed by atoms with Crippen LogP contribution < -0.4 is 5.56 Å². The van der Waals surface area contributed by atoms with Crippen molar-refractivity contribution in [2.24, 2.45) is 0 Å². The zero-order valence-corrected chi connectivity index (χ0v) is 18.5. The molecule has 0 radical (unpaired) electrons. The third kappa shape index (κ3) is 6.27. The summed E-state index contributed by atoms with van der Waals surface area (Å²) in [5.41, 5.74) is 2.38. The third-order valence-corrected chi connectivity index (χ3v) is 6.31. The summed E-state index contributed by atoms with van der Waals surface area (Å²) in [6.45, 7) is 3.86. The molecule has 1 aliphatic heterocycles.